The lowest BCUT2D eigenvalue weighted by Gasteiger charge is -2.24. The highest BCUT2D eigenvalue weighted by Crippen LogP contribution is 2.35. The number of rotatable bonds is 8. The molecule has 0 radical (unpaired) electrons. The highest BCUT2D eigenvalue weighted by Gasteiger charge is 2.42. The summed E-state index contributed by atoms with van der Waals surface area (Å²) in [7, 11) is 0. The van der Waals surface area contributed by atoms with Crippen LogP contribution >= 0.6 is 0 Å². The van der Waals surface area contributed by atoms with Crippen LogP contribution in [0.4, 0.5) is 0 Å². The molecule has 2 unspecified atom stereocenters. The number of carbonyl (C=O) groups is 2. The van der Waals surface area contributed by atoms with Crippen LogP contribution in [0.5, 0.6) is 5.75 Å². The molecular weight excluding hydrogens is 448 g/mol. The number of aromatic amines is 2. The van der Waals surface area contributed by atoms with Gasteiger partial charge in [0, 0.05) is 29.1 Å². The Hall–Kier alpha value is -4.63. The van der Waals surface area contributed by atoms with Gasteiger partial charge in [-0.15, -0.1) is 0 Å². The zero-order valence-electron chi connectivity index (χ0n) is 18.4. The van der Waals surface area contributed by atoms with Crippen molar-refractivity contribution in [3.8, 4) is 5.75 Å². The average Bonchev–Trinajstić information content (AvgIpc) is 3.47. The first-order chi connectivity index (χ1) is 16.8. The van der Waals surface area contributed by atoms with Gasteiger partial charge in [-0.25, -0.2) is 9.78 Å². The number of benzene rings is 3. The minimum atomic E-state index is -2.25. The Bertz CT molecular complexity index is 1510. The number of H-pyrrole nitrogens is 2. The van der Waals surface area contributed by atoms with Crippen molar-refractivity contribution >= 4 is 33.9 Å². The Morgan fingerprint density at radius 3 is 2.46 bits per heavy atom. The summed E-state index contributed by atoms with van der Waals surface area (Å²) in [4.78, 5) is 34.1. The minimum Gasteiger partial charge on any atom is -0.481 e. The topological polar surface area (TPSA) is 154 Å². The van der Waals surface area contributed by atoms with Crippen LogP contribution in [0, 0.1) is 0 Å². The summed E-state index contributed by atoms with van der Waals surface area (Å²) in [6.07, 6.45) is 1.69. The Kier molecular flexibility index (Phi) is 5.46. The molecule has 2 aromatic heterocycles. The second-order valence-corrected chi connectivity index (χ2v) is 8.26. The van der Waals surface area contributed by atoms with Crippen molar-refractivity contribution in [2.24, 2.45) is 5.73 Å². The van der Waals surface area contributed by atoms with E-state index in [1.165, 1.54) is 0 Å². The molecule has 9 nitrogen and oxygen atoms in total. The van der Waals surface area contributed by atoms with Crippen LogP contribution in [0.1, 0.15) is 29.3 Å². The van der Waals surface area contributed by atoms with E-state index in [2.05, 4.69) is 15.0 Å². The van der Waals surface area contributed by atoms with Gasteiger partial charge in [-0.2, -0.15) is 0 Å². The third-order valence-corrected chi connectivity index (χ3v) is 5.98. The first-order valence-corrected chi connectivity index (χ1v) is 10.9. The minimum absolute atomic E-state index is 0.0379. The molecule has 0 fully saturated rings. The number of para-hydroxylation sites is 2. The molecule has 0 amide bonds. The van der Waals surface area contributed by atoms with E-state index in [1.807, 2.05) is 30.3 Å². The smallest absolute Gasteiger partial charge is 0.372 e. The van der Waals surface area contributed by atoms with Gasteiger partial charge in [-0.05, 0) is 35.4 Å². The first-order valence-electron chi connectivity index (χ1n) is 10.9. The number of aromatic nitrogens is 3. The third kappa shape index (κ3) is 4.09. The molecule has 0 aliphatic carbocycles. The first kappa shape index (κ1) is 22.2. The van der Waals surface area contributed by atoms with Crippen molar-refractivity contribution in [2.75, 3.05) is 0 Å². The number of imidazole rings is 1. The lowest BCUT2D eigenvalue weighted by molar-refractivity contribution is -0.156. The van der Waals surface area contributed by atoms with Crippen molar-refractivity contribution in [2.45, 2.75) is 18.1 Å². The summed E-state index contributed by atoms with van der Waals surface area (Å²) in [5.74, 6) is -2.50. The van der Waals surface area contributed by atoms with Gasteiger partial charge >= 0.3 is 17.7 Å². The molecule has 0 aliphatic heterocycles. The fourth-order valence-corrected chi connectivity index (χ4v) is 4.25. The van der Waals surface area contributed by atoms with Crippen LogP contribution in [0.15, 0.2) is 79.0 Å². The Balaban J connectivity index is 1.51. The van der Waals surface area contributed by atoms with E-state index in [-0.39, 0.29) is 23.9 Å². The maximum Gasteiger partial charge on any atom is 0.372 e. The monoisotopic (exact) mass is 470 g/mol. The van der Waals surface area contributed by atoms with Crippen molar-refractivity contribution in [3.05, 3.63) is 95.9 Å². The van der Waals surface area contributed by atoms with Crippen molar-refractivity contribution in [3.63, 3.8) is 0 Å². The predicted octanol–water partition coefficient (Wildman–Crippen LogP) is 3.93. The largest absolute Gasteiger partial charge is 0.481 e. The van der Waals surface area contributed by atoms with Crippen LogP contribution in [0.3, 0.4) is 0 Å². The molecule has 176 valence electrons. The number of nitrogens with zero attached hydrogens (tertiary/aromatic N) is 1. The quantitative estimate of drug-likeness (QED) is 0.215. The number of fused-ring (bicyclic) bond motifs is 2. The summed E-state index contributed by atoms with van der Waals surface area (Å²) >= 11 is 0. The van der Waals surface area contributed by atoms with Crippen LogP contribution in [0.25, 0.3) is 21.9 Å². The van der Waals surface area contributed by atoms with E-state index in [0.29, 0.717) is 16.6 Å². The van der Waals surface area contributed by atoms with Crippen LogP contribution in [-0.4, -0.2) is 37.1 Å². The van der Waals surface area contributed by atoms with E-state index in [4.69, 9.17) is 10.5 Å². The van der Waals surface area contributed by atoms with Gasteiger partial charge in [-0.1, -0.05) is 42.5 Å². The zero-order chi connectivity index (χ0) is 24.6. The molecule has 9 heteroatoms. The lowest BCUT2D eigenvalue weighted by atomic mass is 9.88. The Labute approximate surface area is 199 Å². The summed E-state index contributed by atoms with van der Waals surface area (Å²) in [5, 5.41) is 20.2. The van der Waals surface area contributed by atoms with Gasteiger partial charge in [0.15, 0.2) is 5.82 Å². The van der Waals surface area contributed by atoms with E-state index in [0.717, 1.165) is 16.5 Å². The highest BCUT2D eigenvalue weighted by atomic mass is 16.5. The molecular formula is C26H22N4O5. The molecule has 3 aromatic carbocycles. The number of hydrogen-bond acceptors (Lipinski definition) is 5. The molecule has 5 rings (SSSR count). The number of carboxylic acids is 2. The van der Waals surface area contributed by atoms with Crippen LogP contribution < -0.4 is 10.5 Å². The summed E-state index contributed by atoms with van der Waals surface area (Å²) in [5.41, 5.74) is 7.50. The van der Waals surface area contributed by atoms with Crippen molar-refractivity contribution < 1.29 is 24.5 Å². The van der Waals surface area contributed by atoms with E-state index in [9.17, 15) is 19.8 Å². The van der Waals surface area contributed by atoms with Gasteiger partial charge < -0.3 is 24.9 Å². The van der Waals surface area contributed by atoms with Crippen LogP contribution in [0.2, 0.25) is 0 Å². The molecule has 35 heavy (non-hydrogen) atoms. The summed E-state index contributed by atoms with van der Waals surface area (Å²) < 4.78 is 5.78. The van der Waals surface area contributed by atoms with E-state index >= 15 is 0 Å². The number of hydrogen-bond donors (Lipinski definition) is 5. The Morgan fingerprint density at radius 2 is 1.74 bits per heavy atom. The van der Waals surface area contributed by atoms with E-state index < -0.39 is 17.7 Å². The van der Waals surface area contributed by atoms with Gasteiger partial charge in [-0.3, -0.25) is 10.5 Å². The standard InChI is InChI=1S/C26H22N4O5/c27-26(25(33)34,24-29-20-8-4-5-9-21(20)30-24)35-16-10-11-17-19(14-28-22(17)12-16)18(13-23(31)32)15-6-2-1-3-7-15/h1-12,14,18,28H,13,27H2,(H,29,30)(H,31,32)(H,33,34). The molecule has 0 aliphatic rings. The Morgan fingerprint density at radius 1 is 1.00 bits per heavy atom. The molecule has 0 spiro atoms. The van der Waals surface area contributed by atoms with Gasteiger partial charge in [0.1, 0.15) is 5.75 Å². The number of carboxylic acid groups (broad SMARTS) is 2. The second-order valence-electron chi connectivity index (χ2n) is 8.26. The lowest BCUT2D eigenvalue weighted by Crippen LogP contribution is -2.51. The zero-order valence-corrected chi connectivity index (χ0v) is 18.4. The van der Waals surface area contributed by atoms with E-state index in [1.54, 1.807) is 48.7 Å². The molecule has 2 heterocycles. The van der Waals surface area contributed by atoms with Gasteiger partial charge in [0.05, 0.1) is 17.5 Å². The normalized spacial score (nSPS) is 14.0. The fourth-order valence-electron chi connectivity index (χ4n) is 4.25. The maximum absolute atomic E-state index is 12.1. The molecule has 0 saturated heterocycles. The van der Waals surface area contributed by atoms with Crippen molar-refractivity contribution in [1.82, 2.24) is 15.0 Å². The van der Waals surface area contributed by atoms with Gasteiger partial charge in [0.25, 0.3) is 0 Å². The number of nitrogens with one attached hydrogen (secondary N) is 2. The fraction of sp³-hybridized carbons (Fsp3) is 0.115. The van der Waals surface area contributed by atoms with Crippen LogP contribution in [-0.2, 0) is 15.3 Å². The molecule has 6 N–H and O–H groups in total. The molecule has 5 aromatic rings. The van der Waals surface area contributed by atoms with Gasteiger partial charge in [0.2, 0.25) is 0 Å². The number of ether oxygens (including phenoxy) is 1. The predicted molar refractivity (Wildman–Crippen MR) is 129 cm³/mol. The summed E-state index contributed by atoms with van der Waals surface area (Å²) in [6.45, 7) is 0. The third-order valence-electron chi connectivity index (χ3n) is 5.98. The summed E-state index contributed by atoms with van der Waals surface area (Å²) in [6, 6.07) is 21.5. The average molecular weight is 470 g/mol. The second kappa shape index (κ2) is 8.62. The SMILES string of the molecule is NC(Oc1ccc2c(C(CC(=O)O)c3ccccc3)c[nH]c2c1)(C(=O)O)c1nc2ccccc2[nH]1. The number of aliphatic carboxylic acids is 2. The van der Waals surface area contributed by atoms with Crippen molar-refractivity contribution in [1.29, 1.82) is 0 Å². The maximum atomic E-state index is 12.1. The number of nitrogens with two attached hydrogens (primary N) is 1. The molecule has 0 saturated carbocycles. The highest BCUT2D eigenvalue weighted by molar-refractivity contribution is 5.87. The molecule has 0 bridgehead atoms. The molecule has 2 atom stereocenters.